The fraction of sp³-hybridized carbons (Fsp3) is 0.188. The number of nitrogens with zero attached hydrogens (tertiary/aromatic N) is 1. The highest BCUT2D eigenvalue weighted by molar-refractivity contribution is 7.80. The summed E-state index contributed by atoms with van der Waals surface area (Å²) in [5.74, 6) is -0.301. The van der Waals surface area contributed by atoms with Crippen molar-refractivity contribution in [1.29, 1.82) is 0 Å². The molecule has 0 radical (unpaired) electrons. The molecule has 4 heteroatoms. The summed E-state index contributed by atoms with van der Waals surface area (Å²) in [6.07, 6.45) is 1.01. The Morgan fingerprint density at radius 1 is 1.20 bits per heavy atom. The molecule has 1 aliphatic heterocycles. The van der Waals surface area contributed by atoms with Gasteiger partial charge < -0.3 is 10.6 Å². The number of para-hydroxylation sites is 1. The predicted molar refractivity (Wildman–Crippen MR) is 83.5 cm³/mol. The van der Waals surface area contributed by atoms with E-state index in [0.717, 1.165) is 13.0 Å². The summed E-state index contributed by atoms with van der Waals surface area (Å²) in [5, 5.41) is 0. The van der Waals surface area contributed by atoms with Crippen LogP contribution in [0, 0.1) is 5.82 Å². The van der Waals surface area contributed by atoms with Crippen LogP contribution in [0.25, 0.3) is 0 Å². The van der Waals surface area contributed by atoms with Crippen LogP contribution in [-0.2, 0) is 13.0 Å². The highest BCUT2D eigenvalue weighted by Crippen LogP contribution is 2.29. The topological polar surface area (TPSA) is 29.3 Å². The number of benzene rings is 2. The molecule has 2 aromatic rings. The molecular weight excluding hydrogens is 271 g/mol. The fourth-order valence-corrected chi connectivity index (χ4v) is 2.83. The minimum atomic E-state index is -0.301. The lowest BCUT2D eigenvalue weighted by Gasteiger charge is -2.20. The quantitative estimate of drug-likeness (QED) is 0.879. The van der Waals surface area contributed by atoms with E-state index in [4.69, 9.17) is 18.0 Å². The van der Waals surface area contributed by atoms with Gasteiger partial charge in [-0.1, -0.05) is 42.5 Å². The highest BCUT2D eigenvalue weighted by atomic mass is 32.1. The molecule has 0 aliphatic carbocycles. The van der Waals surface area contributed by atoms with Gasteiger partial charge in [0.05, 0.1) is 0 Å². The largest absolute Gasteiger partial charge is 0.389 e. The Kier molecular flexibility index (Phi) is 3.40. The van der Waals surface area contributed by atoms with E-state index in [1.807, 2.05) is 12.1 Å². The third kappa shape index (κ3) is 2.27. The minimum Gasteiger partial charge on any atom is -0.389 e. The van der Waals surface area contributed by atoms with Gasteiger partial charge >= 0.3 is 0 Å². The van der Waals surface area contributed by atoms with E-state index < -0.39 is 0 Å². The van der Waals surface area contributed by atoms with E-state index in [0.29, 0.717) is 17.7 Å². The van der Waals surface area contributed by atoms with Crippen LogP contribution in [0.2, 0.25) is 0 Å². The second-order valence-electron chi connectivity index (χ2n) is 4.94. The lowest BCUT2D eigenvalue weighted by molar-refractivity contribution is 0.603. The second kappa shape index (κ2) is 5.21. The van der Waals surface area contributed by atoms with Crippen LogP contribution in [0.4, 0.5) is 10.1 Å². The number of hydrogen-bond donors (Lipinski definition) is 1. The van der Waals surface area contributed by atoms with Gasteiger partial charge in [-0.2, -0.15) is 0 Å². The van der Waals surface area contributed by atoms with Gasteiger partial charge in [-0.05, 0) is 24.1 Å². The molecule has 0 bridgehead atoms. The Morgan fingerprint density at radius 3 is 2.80 bits per heavy atom. The molecule has 0 saturated carbocycles. The van der Waals surface area contributed by atoms with Gasteiger partial charge in [0.1, 0.15) is 10.8 Å². The normalized spacial score (nSPS) is 13.3. The summed E-state index contributed by atoms with van der Waals surface area (Å²) in [6.45, 7) is 1.45. The fourth-order valence-electron chi connectivity index (χ4n) is 2.67. The SMILES string of the molecule is NC(=S)c1cccc(CN2CCc3ccccc32)c1F. The third-order valence-electron chi connectivity index (χ3n) is 3.69. The molecular formula is C16H15FN2S. The van der Waals surface area contributed by atoms with Crippen LogP contribution in [0.15, 0.2) is 42.5 Å². The van der Waals surface area contributed by atoms with Crippen molar-refractivity contribution >= 4 is 22.9 Å². The van der Waals surface area contributed by atoms with Crippen LogP contribution < -0.4 is 10.6 Å². The Bertz CT molecular complexity index is 669. The van der Waals surface area contributed by atoms with E-state index in [9.17, 15) is 4.39 Å². The van der Waals surface area contributed by atoms with E-state index in [-0.39, 0.29) is 10.8 Å². The molecule has 20 heavy (non-hydrogen) atoms. The summed E-state index contributed by atoms with van der Waals surface area (Å²) in [5.41, 5.74) is 9.01. The number of nitrogens with two attached hydrogens (primary N) is 1. The molecule has 0 fully saturated rings. The molecule has 0 saturated heterocycles. The summed E-state index contributed by atoms with van der Waals surface area (Å²) in [7, 11) is 0. The maximum atomic E-state index is 14.4. The van der Waals surface area contributed by atoms with Crippen molar-refractivity contribution in [3.8, 4) is 0 Å². The number of rotatable bonds is 3. The van der Waals surface area contributed by atoms with Crippen molar-refractivity contribution in [2.75, 3.05) is 11.4 Å². The molecule has 2 aromatic carbocycles. The van der Waals surface area contributed by atoms with Gasteiger partial charge in [0.15, 0.2) is 0 Å². The monoisotopic (exact) mass is 286 g/mol. The molecule has 0 unspecified atom stereocenters. The average molecular weight is 286 g/mol. The van der Waals surface area contributed by atoms with Crippen molar-refractivity contribution in [2.45, 2.75) is 13.0 Å². The molecule has 0 aromatic heterocycles. The summed E-state index contributed by atoms with van der Waals surface area (Å²) < 4.78 is 14.4. The zero-order valence-corrected chi connectivity index (χ0v) is 11.8. The van der Waals surface area contributed by atoms with E-state index in [1.54, 1.807) is 18.2 Å². The number of anilines is 1. The van der Waals surface area contributed by atoms with Crippen LogP contribution in [0.5, 0.6) is 0 Å². The smallest absolute Gasteiger partial charge is 0.138 e. The van der Waals surface area contributed by atoms with Crippen molar-refractivity contribution in [3.05, 3.63) is 65.0 Å². The first-order valence-corrected chi connectivity index (χ1v) is 6.97. The molecule has 102 valence electrons. The van der Waals surface area contributed by atoms with Gasteiger partial charge in [-0.15, -0.1) is 0 Å². The minimum absolute atomic E-state index is 0.103. The maximum Gasteiger partial charge on any atom is 0.138 e. The Hall–Kier alpha value is -1.94. The van der Waals surface area contributed by atoms with E-state index >= 15 is 0 Å². The van der Waals surface area contributed by atoms with Crippen LogP contribution in [0.1, 0.15) is 16.7 Å². The van der Waals surface area contributed by atoms with Gasteiger partial charge in [0, 0.05) is 29.9 Å². The number of thiocarbonyl (C=S) groups is 1. The first-order chi connectivity index (χ1) is 9.66. The molecule has 0 spiro atoms. The average Bonchev–Trinajstić information content (AvgIpc) is 2.84. The van der Waals surface area contributed by atoms with Crippen molar-refractivity contribution in [3.63, 3.8) is 0 Å². The standard InChI is InChI=1S/C16H15FN2S/c17-15-12(5-3-6-13(15)16(18)20)10-19-9-8-11-4-1-2-7-14(11)19/h1-7H,8-10H2,(H2,18,20). The Labute approximate surface area is 123 Å². The van der Waals surface area contributed by atoms with Crippen molar-refractivity contribution in [1.82, 2.24) is 0 Å². The zero-order chi connectivity index (χ0) is 14.1. The molecule has 0 atom stereocenters. The number of fused-ring (bicyclic) bond motifs is 1. The predicted octanol–water partition coefficient (Wildman–Crippen LogP) is 3.02. The molecule has 1 aliphatic rings. The van der Waals surface area contributed by atoms with E-state index in [1.165, 1.54) is 11.3 Å². The molecule has 2 nitrogen and oxygen atoms in total. The Balaban J connectivity index is 1.90. The van der Waals surface area contributed by atoms with Gasteiger partial charge in [0.25, 0.3) is 0 Å². The lowest BCUT2D eigenvalue weighted by Crippen LogP contribution is -2.21. The Morgan fingerprint density at radius 2 is 2.00 bits per heavy atom. The molecule has 0 amide bonds. The van der Waals surface area contributed by atoms with Crippen LogP contribution >= 0.6 is 12.2 Å². The summed E-state index contributed by atoms with van der Waals surface area (Å²) in [6, 6.07) is 13.5. The van der Waals surface area contributed by atoms with Crippen molar-refractivity contribution < 1.29 is 4.39 Å². The van der Waals surface area contributed by atoms with Gasteiger partial charge in [-0.25, -0.2) is 4.39 Å². The number of halogens is 1. The summed E-state index contributed by atoms with van der Waals surface area (Å²) in [4.78, 5) is 2.29. The highest BCUT2D eigenvalue weighted by Gasteiger charge is 2.20. The van der Waals surface area contributed by atoms with Crippen LogP contribution in [-0.4, -0.2) is 11.5 Å². The van der Waals surface area contributed by atoms with Crippen molar-refractivity contribution in [2.24, 2.45) is 5.73 Å². The first kappa shape index (κ1) is 13.1. The van der Waals surface area contributed by atoms with Gasteiger partial charge in [0.2, 0.25) is 0 Å². The number of hydrogen-bond acceptors (Lipinski definition) is 2. The zero-order valence-electron chi connectivity index (χ0n) is 11.0. The molecule has 1 heterocycles. The maximum absolute atomic E-state index is 14.4. The third-order valence-corrected chi connectivity index (χ3v) is 3.91. The lowest BCUT2D eigenvalue weighted by atomic mass is 10.1. The molecule has 2 N–H and O–H groups in total. The molecule has 3 rings (SSSR count). The first-order valence-electron chi connectivity index (χ1n) is 6.57. The van der Waals surface area contributed by atoms with Gasteiger partial charge in [-0.3, -0.25) is 0 Å². The second-order valence-corrected chi connectivity index (χ2v) is 5.38. The van der Waals surface area contributed by atoms with Crippen LogP contribution in [0.3, 0.4) is 0 Å². The van der Waals surface area contributed by atoms with E-state index in [2.05, 4.69) is 17.0 Å². The summed E-state index contributed by atoms with van der Waals surface area (Å²) >= 11 is 4.88.